The predicted octanol–water partition coefficient (Wildman–Crippen LogP) is 4.78. The van der Waals surface area contributed by atoms with Gasteiger partial charge in [-0.15, -0.1) is 0 Å². The third-order valence-corrected chi connectivity index (χ3v) is 5.69. The first-order chi connectivity index (χ1) is 15.0. The first-order valence-electron chi connectivity index (χ1n) is 10.4. The molecule has 2 N–H and O–H groups in total. The molecule has 0 saturated carbocycles. The number of urea groups is 1. The fourth-order valence-corrected chi connectivity index (χ4v) is 3.96. The lowest BCUT2D eigenvalue weighted by atomic mass is 10.0. The summed E-state index contributed by atoms with van der Waals surface area (Å²) in [6.07, 6.45) is 4.38. The van der Waals surface area contributed by atoms with E-state index in [2.05, 4.69) is 22.5 Å². The van der Waals surface area contributed by atoms with Crippen LogP contribution in [0.1, 0.15) is 36.4 Å². The Hall–Kier alpha value is -3.61. The summed E-state index contributed by atoms with van der Waals surface area (Å²) in [4.78, 5) is 31.3. The van der Waals surface area contributed by atoms with Crippen molar-refractivity contribution in [1.82, 2.24) is 9.88 Å². The topological polar surface area (TPSA) is 87.5 Å². The fraction of sp³-hybridized carbons (Fsp3) is 0.292. The van der Waals surface area contributed by atoms with Gasteiger partial charge in [-0.2, -0.15) is 0 Å². The highest BCUT2D eigenvalue weighted by Crippen LogP contribution is 2.36. The second-order valence-corrected chi connectivity index (χ2v) is 7.94. The van der Waals surface area contributed by atoms with Gasteiger partial charge >= 0.3 is 6.03 Å². The number of anilines is 2. The molecule has 0 spiro atoms. The molecule has 160 valence electrons. The predicted molar refractivity (Wildman–Crippen MR) is 119 cm³/mol. The first kappa shape index (κ1) is 20.7. The Morgan fingerprint density at radius 2 is 1.90 bits per heavy atom. The van der Waals surface area contributed by atoms with E-state index in [0.717, 1.165) is 23.2 Å². The van der Waals surface area contributed by atoms with Crippen LogP contribution in [0.4, 0.5) is 16.2 Å². The van der Waals surface area contributed by atoms with Gasteiger partial charge in [-0.25, -0.2) is 9.78 Å². The zero-order valence-corrected chi connectivity index (χ0v) is 17.7. The van der Waals surface area contributed by atoms with E-state index in [1.165, 1.54) is 0 Å². The molecular weight excluding hydrogens is 392 g/mol. The SMILES string of the molecule is Cc1ccccc1NC(=O)Nc1ccc(CC(=O)N2CCC(C)C2c2ncco2)cc1. The molecule has 1 saturated heterocycles. The number of carbonyl (C=O) groups is 2. The van der Waals surface area contributed by atoms with E-state index in [9.17, 15) is 9.59 Å². The molecule has 7 nitrogen and oxygen atoms in total. The Labute approximate surface area is 181 Å². The average Bonchev–Trinajstić information content (AvgIpc) is 3.40. The zero-order valence-electron chi connectivity index (χ0n) is 17.7. The normalized spacial score (nSPS) is 18.1. The Balaban J connectivity index is 1.35. The second-order valence-electron chi connectivity index (χ2n) is 7.94. The number of oxazole rings is 1. The maximum Gasteiger partial charge on any atom is 0.323 e. The molecule has 2 unspecified atom stereocenters. The summed E-state index contributed by atoms with van der Waals surface area (Å²) < 4.78 is 5.47. The van der Waals surface area contributed by atoms with Crippen LogP contribution in [0.5, 0.6) is 0 Å². The number of nitrogens with zero attached hydrogens (tertiary/aromatic N) is 2. The highest BCUT2D eigenvalue weighted by Gasteiger charge is 2.38. The molecule has 4 rings (SSSR count). The van der Waals surface area contributed by atoms with Crippen LogP contribution in [-0.2, 0) is 11.2 Å². The second kappa shape index (κ2) is 9.04. The van der Waals surface area contributed by atoms with Crippen LogP contribution in [0.25, 0.3) is 0 Å². The van der Waals surface area contributed by atoms with E-state index < -0.39 is 0 Å². The van der Waals surface area contributed by atoms with Gasteiger partial charge in [0.1, 0.15) is 12.3 Å². The summed E-state index contributed by atoms with van der Waals surface area (Å²) in [5.41, 5.74) is 3.31. The number of aromatic nitrogens is 1. The number of nitrogens with one attached hydrogen (secondary N) is 2. The molecule has 3 amide bonds. The van der Waals surface area contributed by atoms with Crippen molar-refractivity contribution >= 4 is 23.3 Å². The van der Waals surface area contributed by atoms with Crippen molar-refractivity contribution in [2.24, 2.45) is 5.92 Å². The Morgan fingerprint density at radius 3 is 2.61 bits per heavy atom. The van der Waals surface area contributed by atoms with Gasteiger partial charge in [0.2, 0.25) is 11.8 Å². The van der Waals surface area contributed by atoms with E-state index >= 15 is 0 Å². The third-order valence-electron chi connectivity index (χ3n) is 5.69. The van der Waals surface area contributed by atoms with Crippen molar-refractivity contribution in [3.63, 3.8) is 0 Å². The van der Waals surface area contributed by atoms with Crippen LogP contribution < -0.4 is 10.6 Å². The van der Waals surface area contributed by atoms with Crippen molar-refractivity contribution in [1.29, 1.82) is 0 Å². The number of carbonyl (C=O) groups excluding carboxylic acids is 2. The lowest BCUT2D eigenvalue weighted by Crippen LogP contribution is -2.33. The third kappa shape index (κ3) is 4.77. The molecular formula is C24H26N4O3. The summed E-state index contributed by atoms with van der Waals surface area (Å²) in [6.45, 7) is 4.76. The molecule has 0 aliphatic carbocycles. The maximum atomic E-state index is 12.9. The van der Waals surface area contributed by atoms with E-state index in [4.69, 9.17) is 4.42 Å². The lowest BCUT2D eigenvalue weighted by molar-refractivity contribution is -0.132. The molecule has 1 aliphatic heterocycles. The number of rotatable bonds is 5. The van der Waals surface area contributed by atoms with Crippen LogP contribution in [0.2, 0.25) is 0 Å². The largest absolute Gasteiger partial charge is 0.447 e. The minimum atomic E-state index is -0.307. The van der Waals surface area contributed by atoms with Crippen LogP contribution in [-0.4, -0.2) is 28.4 Å². The van der Waals surface area contributed by atoms with Crippen LogP contribution >= 0.6 is 0 Å². The number of aryl methyl sites for hydroxylation is 1. The van der Waals surface area contributed by atoms with Gasteiger partial charge in [0, 0.05) is 17.9 Å². The maximum absolute atomic E-state index is 12.9. The Morgan fingerprint density at radius 1 is 1.13 bits per heavy atom. The molecule has 0 bridgehead atoms. The van der Waals surface area contributed by atoms with E-state index in [1.54, 1.807) is 24.6 Å². The summed E-state index contributed by atoms with van der Waals surface area (Å²) in [7, 11) is 0. The molecule has 3 aromatic rings. The molecule has 1 aromatic heterocycles. The van der Waals surface area contributed by atoms with Crippen molar-refractivity contribution in [2.75, 3.05) is 17.2 Å². The van der Waals surface area contributed by atoms with Gasteiger partial charge in [0.15, 0.2) is 0 Å². The zero-order chi connectivity index (χ0) is 21.8. The average molecular weight is 418 g/mol. The molecule has 7 heteroatoms. The standard InChI is InChI=1S/C24H26N4O3/c1-16-5-3-4-6-20(16)27-24(30)26-19-9-7-18(8-10-19)15-21(29)28-13-11-17(2)22(28)23-25-12-14-31-23/h3-10,12,14,17,22H,11,13,15H2,1-2H3,(H2,26,27,30). The summed E-state index contributed by atoms with van der Waals surface area (Å²) in [5, 5.41) is 5.66. The minimum absolute atomic E-state index is 0.0468. The summed E-state index contributed by atoms with van der Waals surface area (Å²) in [5.74, 6) is 0.948. The van der Waals surface area contributed by atoms with Crippen molar-refractivity contribution < 1.29 is 14.0 Å². The number of benzene rings is 2. The quantitative estimate of drug-likeness (QED) is 0.624. The highest BCUT2D eigenvalue weighted by molar-refractivity contribution is 6.00. The Kier molecular flexibility index (Phi) is 6.02. The van der Waals surface area contributed by atoms with Gasteiger partial charge in [0.05, 0.1) is 12.6 Å². The van der Waals surface area contributed by atoms with Crippen LogP contribution in [0.3, 0.4) is 0 Å². The number of para-hydroxylation sites is 1. The van der Waals surface area contributed by atoms with Crippen molar-refractivity contribution in [3.05, 3.63) is 78.0 Å². The van der Waals surface area contributed by atoms with Gasteiger partial charge < -0.3 is 20.0 Å². The number of amides is 3. The minimum Gasteiger partial charge on any atom is -0.447 e. The number of hydrogen-bond donors (Lipinski definition) is 2. The van der Waals surface area contributed by atoms with Crippen LogP contribution in [0, 0.1) is 12.8 Å². The Bertz CT molecular complexity index is 1050. The van der Waals surface area contributed by atoms with Crippen molar-refractivity contribution in [3.8, 4) is 0 Å². The number of likely N-dealkylation sites (tertiary alicyclic amines) is 1. The molecule has 1 fully saturated rings. The van der Waals surface area contributed by atoms with E-state index in [1.807, 2.05) is 48.2 Å². The summed E-state index contributed by atoms with van der Waals surface area (Å²) >= 11 is 0. The molecule has 31 heavy (non-hydrogen) atoms. The molecule has 0 radical (unpaired) electrons. The highest BCUT2D eigenvalue weighted by atomic mass is 16.3. The monoisotopic (exact) mass is 418 g/mol. The van der Waals surface area contributed by atoms with E-state index in [-0.39, 0.29) is 18.0 Å². The van der Waals surface area contributed by atoms with E-state index in [0.29, 0.717) is 30.5 Å². The molecule has 2 heterocycles. The van der Waals surface area contributed by atoms with Gasteiger partial charge in [-0.1, -0.05) is 37.3 Å². The lowest BCUT2D eigenvalue weighted by Gasteiger charge is -2.24. The molecule has 2 atom stereocenters. The van der Waals surface area contributed by atoms with Gasteiger partial charge in [-0.3, -0.25) is 4.79 Å². The first-order valence-corrected chi connectivity index (χ1v) is 10.4. The summed E-state index contributed by atoms with van der Waals surface area (Å²) in [6, 6.07) is 14.5. The molecule has 2 aromatic carbocycles. The van der Waals surface area contributed by atoms with Crippen molar-refractivity contribution in [2.45, 2.75) is 32.7 Å². The van der Waals surface area contributed by atoms with Gasteiger partial charge in [-0.05, 0) is 48.6 Å². The smallest absolute Gasteiger partial charge is 0.323 e. The fourth-order valence-electron chi connectivity index (χ4n) is 3.96. The van der Waals surface area contributed by atoms with Crippen LogP contribution in [0.15, 0.2) is 65.4 Å². The number of hydrogen-bond acceptors (Lipinski definition) is 4. The van der Waals surface area contributed by atoms with Gasteiger partial charge in [0.25, 0.3) is 0 Å². The molecule has 1 aliphatic rings.